The number of carbonyl (C=O) groups is 1. The molecule has 6 nitrogen and oxygen atoms in total. The van der Waals surface area contributed by atoms with Crippen LogP contribution in [-0.2, 0) is 9.84 Å². The number of amides is 1. The second kappa shape index (κ2) is 9.07. The number of benzene rings is 1. The molecule has 0 atom stereocenters. The Morgan fingerprint density at radius 3 is 2.43 bits per heavy atom. The Morgan fingerprint density at radius 1 is 1.14 bits per heavy atom. The highest BCUT2D eigenvalue weighted by molar-refractivity contribution is 7.90. The zero-order chi connectivity index (χ0) is 20.1. The van der Waals surface area contributed by atoms with Crippen LogP contribution >= 0.6 is 11.3 Å². The van der Waals surface area contributed by atoms with Crippen molar-refractivity contribution in [3.63, 3.8) is 0 Å². The molecule has 0 bridgehead atoms. The molecule has 3 rings (SSSR count). The number of hydrogen-bond donors (Lipinski definition) is 0. The van der Waals surface area contributed by atoms with Crippen molar-refractivity contribution in [1.82, 2.24) is 9.80 Å². The Morgan fingerprint density at radius 2 is 1.82 bits per heavy atom. The molecule has 1 amide bonds. The van der Waals surface area contributed by atoms with Gasteiger partial charge in [0.05, 0.1) is 12.4 Å². The zero-order valence-electron chi connectivity index (χ0n) is 16.3. The summed E-state index contributed by atoms with van der Waals surface area (Å²) in [5.74, 6) is 0.773. The molecule has 1 aromatic carbocycles. The fraction of sp³-hybridized carbons (Fsp3) is 0.450. The van der Waals surface area contributed by atoms with Crippen molar-refractivity contribution in [2.45, 2.75) is 6.92 Å². The maximum Gasteiger partial charge on any atom is 0.267 e. The molecule has 0 spiro atoms. The van der Waals surface area contributed by atoms with Crippen LogP contribution in [0.25, 0.3) is 10.4 Å². The molecule has 8 heteroatoms. The summed E-state index contributed by atoms with van der Waals surface area (Å²) in [6.45, 7) is 5.48. The van der Waals surface area contributed by atoms with E-state index in [0.717, 1.165) is 10.4 Å². The normalized spacial score (nSPS) is 15.6. The average Bonchev–Trinajstić information content (AvgIpc) is 3.11. The molecule has 1 aliphatic rings. The Hall–Kier alpha value is -1.90. The minimum Gasteiger partial charge on any atom is -0.492 e. The van der Waals surface area contributed by atoms with Gasteiger partial charge >= 0.3 is 0 Å². The summed E-state index contributed by atoms with van der Waals surface area (Å²) in [4.78, 5) is 18.7. The number of hydrogen-bond acceptors (Lipinski definition) is 6. The van der Waals surface area contributed by atoms with Gasteiger partial charge < -0.3 is 9.64 Å². The topological polar surface area (TPSA) is 66.9 Å². The van der Waals surface area contributed by atoms with Gasteiger partial charge in [-0.2, -0.15) is 0 Å². The fourth-order valence-electron chi connectivity index (χ4n) is 3.14. The highest BCUT2D eigenvalue weighted by Crippen LogP contribution is 2.37. The molecule has 0 radical (unpaired) electrons. The molecule has 1 aliphatic heterocycles. The number of piperazine rings is 1. The van der Waals surface area contributed by atoms with Gasteiger partial charge in [0.25, 0.3) is 5.91 Å². The number of ether oxygens (including phenoxy) is 1. The van der Waals surface area contributed by atoms with Gasteiger partial charge in [0.2, 0.25) is 0 Å². The molecule has 0 unspecified atom stereocenters. The standard InChI is InChI=1S/C20H26N2O4S2/c1-3-26-17-15-18(16-7-5-4-6-8-16)27-19(17)20(23)22-11-9-21(10-12-22)13-14-28(2,24)25/h4-8,15H,3,9-14H2,1-2H3. The van der Waals surface area contributed by atoms with E-state index in [1.807, 2.05) is 48.2 Å². The predicted octanol–water partition coefficient (Wildman–Crippen LogP) is 2.62. The van der Waals surface area contributed by atoms with Crippen molar-refractivity contribution >= 4 is 27.1 Å². The van der Waals surface area contributed by atoms with Crippen LogP contribution in [0.4, 0.5) is 0 Å². The summed E-state index contributed by atoms with van der Waals surface area (Å²) in [5, 5.41) is 0. The lowest BCUT2D eigenvalue weighted by Gasteiger charge is -2.34. The maximum atomic E-state index is 13.1. The highest BCUT2D eigenvalue weighted by atomic mass is 32.2. The van der Waals surface area contributed by atoms with Gasteiger partial charge in [-0.15, -0.1) is 11.3 Å². The van der Waals surface area contributed by atoms with Crippen molar-refractivity contribution in [1.29, 1.82) is 0 Å². The second-order valence-corrected chi connectivity index (χ2v) is 10.2. The summed E-state index contributed by atoms with van der Waals surface area (Å²) in [5.41, 5.74) is 1.07. The Balaban J connectivity index is 1.69. The minimum absolute atomic E-state index is 0.0154. The fourth-order valence-corrected chi connectivity index (χ4v) is 4.81. The van der Waals surface area contributed by atoms with Crippen LogP contribution < -0.4 is 4.74 Å². The van der Waals surface area contributed by atoms with E-state index >= 15 is 0 Å². The number of nitrogens with zero attached hydrogens (tertiary/aromatic N) is 2. The third-order valence-electron chi connectivity index (χ3n) is 4.69. The summed E-state index contributed by atoms with van der Waals surface area (Å²) in [6.07, 6.45) is 1.25. The molecule has 0 aliphatic carbocycles. The smallest absolute Gasteiger partial charge is 0.267 e. The number of sulfone groups is 1. The largest absolute Gasteiger partial charge is 0.492 e. The number of rotatable bonds is 7. The van der Waals surface area contributed by atoms with Crippen LogP contribution in [0.3, 0.4) is 0 Å². The van der Waals surface area contributed by atoms with Gasteiger partial charge in [-0.05, 0) is 18.6 Å². The van der Waals surface area contributed by atoms with Crippen molar-refractivity contribution in [2.24, 2.45) is 0 Å². The highest BCUT2D eigenvalue weighted by Gasteiger charge is 2.27. The lowest BCUT2D eigenvalue weighted by molar-refractivity contribution is 0.0645. The molecule has 1 saturated heterocycles. The third kappa shape index (κ3) is 5.33. The molecule has 1 aromatic heterocycles. The first-order chi connectivity index (χ1) is 13.4. The summed E-state index contributed by atoms with van der Waals surface area (Å²) in [6, 6.07) is 11.9. The first kappa shape index (κ1) is 20.8. The lowest BCUT2D eigenvalue weighted by atomic mass is 10.2. The molecular weight excluding hydrogens is 396 g/mol. The van der Waals surface area contributed by atoms with Crippen LogP contribution in [0.5, 0.6) is 5.75 Å². The first-order valence-corrected chi connectivity index (χ1v) is 12.3. The van der Waals surface area contributed by atoms with Gasteiger partial charge in [0.1, 0.15) is 20.5 Å². The SMILES string of the molecule is CCOc1cc(-c2ccccc2)sc1C(=O)N1CCN(CCS(C)(=O)=O)CC1. The van der Waals surface area contributed by atoms with E-state index < -0.39 is 9.84 Å². The van der Waals surface area contributed by atoms with Crippen molar-refractivity contribution < 1.29 is 17.9 Å². The molecule has 28 heavy (non-hydrogen) atoms. The molecule has 0 saturated carbocycles. The van der Waals surface area contributed by atoms with E-state index in [9.17, 15) is 13.2 Å². The van der Waals surface area contributed by atoms with Crippen LogP contribution in [0.15, 0.2) is 36.4 Å². The van der Waals surface area contributed by atoms with E-state index in [4.69, 9.17) is 4.74 Å². The molecule has 2 heterocycles. The minimum atomic E-state index is -2.97. The molecular formula is C20H26N2O4S2. The average molecular weight is 423 g/mol. The van der Waals surface area contributed by atoms with E-state index in [1.165, 1.54) is 17.6 Å². The summed E-state index contributed by atoms with van der Waals surface area (Å²) >= 11 is 1.46. The van der Waals surface area contributed by atoms with Crippen LogP contribution in [0, 0.1) is 0 Å². The van der Waals surface area contributed by atoms with E-state index in [0.29, 0.717) is 50.0 Å². The molecule has 1 fully saturated rings. The van der Waals surface area contributed by atoms with E-state index in [-0.39, 0.29) is 11.7 Å². The van der Waals surface area contributed by atoms with Crippen molar-refractivity contribution in [3.05, 3.63) is 41.3 Å². The van der Waals surface area contributed by atoms with Crippen LogP contribution in [0.2, 0.25) is 0 Å². The first-order valence-electron chi connectivity index (χ1n) is 9.39. The Bertz CT molecular complexity index is 902. The quantitative estimate of drug-likeness (QED) is 0.686. The summed E-state index contributed by atoms with van der Waals surface area (Å²) < 4.78 is 28.4. The van der Waals surface area contributed by atoms with Crippen molar-refractivity contribution in [2.75, 3.05) is 51.3 Å². The maximum absolute atomic E-state index is 13.1. The molecule has 0 N–H and O–H groups in total. The van der Waals surface area contributed by atoms with Crippen molar-refractivity contribution in [3.8, 4) is 16.2 Å². The van der Waals surface area contributed by atoms with Gasteiger partial charge in [-0.1, -0.05) is 30.3 Å². The second-order valence-electron chi connectivity index (χ2n) is 6.87. The van der Waals surface area contributed by atoms with Gasteiger partial charge in [0.15, 0.2) is 0 Å². The molecule has 152 valence electrons. The van der Waals surface area contributed by atoms with Crippen LogP contribution in [0.1, 0.15) is 16.6 Å². The Kier molecular flexibility index (Phi) is 6.74. The van der Waals surface area contributed by atoms with Gasteiger partial charge in [0, 0.05) is 43.9 Å². The number of carbonyl (C=O) groups excluding carboxylic acids is 1. The van der Waals surface area contributed by atoms with E-state index in [2.05, 4.69) is 4.90 Å². The number of thiophene rings is 1. The summed E-state index contributed by atoms with van der Waals surface area (Å²) in [7, 11) is -2.97. The molecule has 2 aromatic rings. The predicted molar refractivity (Wildman–Crippen MR) is 113 cm³/mol. The lowest BCUT2D eigenvalue weighted by Crippen LogP contribution is -2.49. The monoisotopic (exact) mass is 422 g/mol. The Labute approximate surface area is 170 Å². The third-order valence-corrected chi connectivity index (χ3v) is 6.77. The van der Waals surface area contributed by atoms with Crippen LogP contribution in [-0.4, -0.2) is 75.5 Å². The van der Waals surface area contributed by atoms with Gasteiger partial charge in [-0.3, -0.25) is 9.69 Å². The van der Waals surface area contributed by atoms with Gasteiger partial charge in [-0.25, -0.2) is 8.42 Å². The zero-order valence-corrected chi connectivity index (χ0v) is 17.9. The van der Waals surface area contributed by atoms with E-state index in [1.54, 1.807) is 0 Å².